The Hall–Kier alpha value is -2.41. The van der Waals surface area contributed by atoms with E-state index in [9.17, 15) is 14.4 Å². The molecule has 1 aromatic rings. The maximum Gasteiger partial charge on any atom is 0.253 e. The van der Waals surface area contributed by atoms with Gasteiger partial charge in [-0.25, -0.2) is 0 Å². The van der Waals surface area contributed by atoms with E-state index in [4.69, 9.17) is 4.74 Å². The third kappa shape index (κ3) is 5.07. The lowest BCUT2D eigenvalue weighted by Crippen LogP contribution is -2.40. The molecule has 0 radical (unpaired) electrons. The summed E-state index contributed by atoms with van der Waals surface area (Å²) in [4.78, 5) is 38.3. The molecule has 2 saturated heterocycles. The summed E-state index contributed by atoms with van der Waals surface area (Å²) in [5.41, 5.74) is 0.964. The number of hydrogen-bond donors (Lipinski definition) is 2. The number of amides is 3. The molecule has 2 heterocycles. The highest BCUT2D eigenvalue weighted by atomic mass is 16.5. The van der Waals surface area contributed by atoms with Crippen LogP contribution < -0.4 is 10.6 Å². The Balaban J connectivity index is 1.57. The van der Waals surface area contributed by atoms with Gasteiger partial charge >= 0.3 is 0 Å². The first-order valence-electron chi connectivity index (χ1n) is 9.60. The lowest BCUT2D eigenvalue weighted by atomic mass is 9.95. The van der Waals surface area contributed by atoms with Gasteiger partial charge in [0.15, 0.2) is 0 Å². The number of rotatable bonds is 5. The van der Waals surface area contributed by atoms with Gasteiger partial charge in [0, 0.05) is 39.1 Å². The standard InChI is InChI=1S/C20H27N3O4/c1-14(24)23-10-8-15(9-11-23)19(25)22-18-7-3-2-6-17(18)20(26)21-13-16-5-4-12-27-16/h2-3,6-7,15-16H,4-5,8-13H2,1H3,(H,21,26)(H,22,25)/t16-/m1/s1. The summed E-state index contributed by atoms with van der Waals surface area (Å²) in [5, 5.41) is 5.79. The Morgan fingerprint density at radius 2 is 1.89 bits per heavy atom. The Bertz CT molecular complexity index is 692. The summed E-state index contributed by atoms with van der Waals surface area (Å²) in [5.74, 6) is -0.420. The van der Waals surface area contributed by atoms with Gasteiger partial charge in [-0.3, -0.25) is 14.4 Å². The average Bonchev–Trinajstić information content (AvgIpc) is 3.20. The smallest absolute Gasteiger partial charge is 0.253 e. The molecule has 2 fully saturated rings. The molecule has 3 amide bonds. The minimum Gasteiger partial charge on any atom is -0.376 e. The van der Waals surface area contributed by atoms with Crippen molar-refractivity contribution >= 4 is 23.4 Å². The first-order valence-corrected chi connectivity index (χ1v) is 9.60. The molecule has 1 atom stereocenters. The van der Waals surface area contributed by atoms with E-state index in [0.717, 1.165) is 19.4 Å². The molecule has 1 aromatic carbocycles. The van der Waals surface area contributed by atoms with Crippen molar-refractivity contribution in [1.29, 1.82) is 0 Å². The summed E-state index contributed by atoms with van der Waals surface area (Å²) in [6.45, 7) is 3.96. The molecular weight excluding hydrogens is 346 g/mol. The fraction of sp³-hybridized carbons (Fsp3) is 0.550. The molecule has 0 bridgehead atoms. The second-order valence-electron chi connectivity index (χ2n) is 7.16. The first kappa shape index (κ1) is 19.4. The Morgan fingerprint density at radius 3 is 2.56 bits per heavy atom. The van der Waals surface area contributed by atoms with E-state index in [-0.39, 0.29) is 29.7 Å². The van der Waals surface area contributed by atoms with Crippen LogP contribution in [-0.2, 0) is 14.3 Å². The predicted molar refractivity (Wildman–Crippen MR) is 101 cm³/mol. The molecular formula is C20H27N3O4. The second kappa shape index (κ2) is 8.99. The lowest BCUT2D eigenvalue weighted by Gasteiger charge is -2.30. The van der Waals surface area contributed by atoms with Gasteiger partial charge in [0.05, 0.1) is 17.4 Å². The van der Waals surface area contributed by atoms with E-state index in [1.54, 1.807) is 36.1 Å². The number of hydrogen-bond acceptors (Lipinski definition) is 4. The number of nitrogens with zero attached hydrogens (tertiary/aromatic N) is 1. The summed E-state index contributed by atoms with van der Waals surface area (Å²) < 4.78 is 5.53. The molecule has 3 rings (SSSR count). The van der Waals surface area contributed by atoms with Gasteiger partial charge in [0.2, 0.25) is 11.8 Å². The molecule has 0 aliphatic carbocycles. The van der Waals surface area contributed by atoms with Crippen LogP contribution in [0.4, 0.5) is 5.69 Å². The van der Waals surface area contributed by atoms with E-state index in [0.29, 0.717) is 43.7 Å². The van der Waals surface area contributed by atoms with Gasteiger partial charge < -0.3 is 20.3 Å². The Morgan fingerprint density at radius 1 is 1.15 bits per heavy atom. The zero-order chi connectivity index (χ0) is 19.2. The minimum atomic E-state index is -0.215. The van der Waals surface area contributed by atoms with E-state index < -0.39 is 0 Å². The Labute approximate surface area is 159 Å². The molecule has 2 aliphatic heterocycles. The highest BCUT2D eigenvalue weighted by Gasteiger charge is 2.27. The van der Waals surface area contributed by atoms with Crippen LogP contribution in [-0.4, -0.2) is 55.0 Å². The van der Waals surface area contributed by atoms with Crippen LogP contribution >= 0.6 is 0 Å². The Kier molecular flexibility index (Phi) is 6.45. The molecule has 27 heavy (non-hydrogen) atoms. The van der Waals surface area contributed by atoms with Crippen molar-refractivity contribution in [2.24, 2.45) is 5.92 Å². The fourth-order valence-electron chi connectivity index (χ4n) is 3.59. The van der Waals surface area contributed by atoms with Crippen molar-refractivity contribution in [3.63, 3.8) is 0 Å². The van der Waals surface area contributed by atoms with Crippen molar-refractivity contribution in [2.45, 2.75) is 38.7 Å². The van der Waals surface area contributed by atoms with Gasteiger partial charge in [-0.15, -0.1) is 0 Å². The van der Waals surface area contributed by atoms with Crippen LogP contribution in [0, 0.1) is 5.92 Å². The molecule has 7 nitrogen and oxygen atoms in total. The van der Waals surface area contributed by atoms with Crippen molar-refractivity contribution < 1.29 is 19.1 Å². The number of anilines is 1. The maximum atomic E-state index is 12.6. The molecule has 0 saturated carbocycles. The predicted octanol–water partition coefficient (Wildman–Crippen LogP) is 1.79. The van der Waals surface area contributed by atoms with Gasteiger partial charge in [-0.05, 0) is 37.8 Å². The lowest BCUT2D eigenvalue weighted by molar-refractivity contribution is -0.132. The quantitative estimate of drug-likeness (QED) is 0.824. The molecule has 0 aromatic heterocycles. The van der Waals surface area contributed by atoms with Crippen LogP contribution in [0.15, 0.2) is 24.3 Å². The third-order valence-corrected chi connectivity index (χ3v) is 5.25. The molecule has 0 unspecified atom stereocenters. The van der Waals surface area contributed by atoms with Crippen LogP contribution in [0.25, 0.3) is 0 Å². The van der Waals surface area contributed by atoms with Gasteiger partial charge in [0.1, 0.15) is 0 Å². The topological polar surface area (TPSA) is 87.7 Å². The summed E-state index contributed by atoms with van der Waals surface area (Å²) >= 11 is 0. The second-order valence-corrected chi connectivity index (χ2v) is 7.16. The van der Waals surface area contributed by atoms with Crippen LogP contribution in [0.2, 0.25) is 0 Å². The SMILES string of the molecule is CC(=O)N1CCC(C(=O)Nc2ccccc2C(=O)NC[C@H]2CCCO2)CC1. The zero-order valence-electron chi connectivity index (χ0n) is 15.7. The number of benzene rings is 1. The monoisotopic (exact) mass is 373 g/mol. The van der Waals surface area contributed by atoms with Crippen LogP contribution in [0.5, 0.6) is 0 Å². The molecule has 7 heteroatoms. The summed E-state index contributed by atoms with van der Waals surface area (Å²) in [6, 6.07) is 7.02. The highest BCUT2D eigenvalue weighted by Crippen LogP contribution is 2.22. The fourth-order valence-corrected chi connectivity index (χ4v) is 3.59. The van der Waals surface area contributed by atoms with Crippen molar-refractivity contribution in [1.82, 2.24) is 10.2 Å². The number of nitrogens with one attached hydrogen (secondary N) is 2. The zero-order valence-corrected chi connectivity index (χ0v) is 15.7. The largest absolute Gasteiger partial charge is 0.376 e. The van der Waals surface area contributed by atoms with Crippen LogP contribution in [0.3, 0.4) is 0 Å². The van der Waals surface area contributed by atoms with Crippen LogP contribution in [0.1, 0.15) is 43.0 Å². The van der Waals surface area contributed by atoms with E-state index in [1.807, 2.05) is 0 Å². The highest BCUT2D eigenvalue weighted by molar-refractivity contribution is 6.04. The van der Waals surface area contributed by atoms with Gasteiger partial charge in [-0.1, -0.05) is 12.1 Å². The van der Waals surface area contributed by atoms with E-state index in [2.05, 4.69) is 10.6 Å². The number of piperidine rings is 1. The molecule has 2 aliphatic rings. The minimum absolute atomic E-state index is 0.0436. The van der Waals surface area contributed by atoms with Gasteiger partial charge in [0.25, 0.3) is 5.91 Å². The first-order chi connectivity index (χ1) is 13.0. The molecule has 146 valence electrons. The number of ether oxygens (including phenoxy) is 1. The number of likely N-dealkylation sites (tertiary alicyclic amines) is 1. The molecule has 2 N–H and O–H groups in total. The van der Waals surface area contributed by atoms with Crippen molar-refractivity contribution in [3.8, 4) is 0 Å². The third-order valence-electron chi connectivity index (χ3n) is 5.25. The normalized spacial score (nSPS) is 20.3. The average molecular weight is 373 g/mol. The number of para-hydroxylation sites is 1. The molecule has 0 spiro atoms. The number of carbonyl (C=O) groups excluding carboxylic acids is 3. The van der Waals surface area contributed by atoms with E-state index in [1.165, 1.54) is 0 Å². The van der Waals surface area contributed by atoms with Crippen molar-refractivity contribution in [2.75, 3.05) is 31.6 Å². The van der Waals surface area contributed by atoms with Crippen molar-refractivity contribution in [3.05, 3.63) is 29.8 Å². The maximum absolute atomic E-state index is 12.6. The summed E-state index contributed by atoms with van der Waals surface area (Å²) in [6.07, 6.45) is 3.33. The van der Waals surface area contributed by atoms with Gasteiger partial charge in [-0.2, -0.15) is 0 Å². The van der Waals surface area contributed by atoms with E-state index >= 15 is 0 Å². The summed E-state index contributed by atoms with van der Waals surface area (Å²) in [7, 11) is 0. The number of carbonyl (C=O) groups is 3.